The Morgan fingerprint density at radius 3 is 2.17 bits per heavy atom. The van der Waals surface area contributed by atoms with Crippen molar-refractivity contribution in [2.45, 2.75) is 26.8 Å². The van der Waals surface area contributed by atoms with E-state index in [4.69, 9.17) is 0 Å². The van der Waals surface area contributed by atoms with E-state index in [0.29, 0.717) is 17.8 Å². The fourth-order valence-corrected chi connectivity index (χ4v) is 2.68. The number of nitrogens with one attached hydrogen (secondary N) is 3. The van der Waals surface area contributed by atoms with Crippen LogP contribution >= 0.6 is 0 Å². The highest BCUT2D eigenvalue weighted by Gasteiger charge is 2.27. The molecule has 8 heteroatoms. The molecule has 0 saturated carbocycles. The first-order valence-corrected chi connectivity index (χ1v) is 9.18. The summed E-state index contributed by atoms with van der Waals surface area (Å²) in [5, 5.41) is 7.67. The van der Waals surface area contributed by atoms with E-state index < -0.39 is 35.1 Å². The standard InChI is InChI=1S/C21H23F2N3O3/c1-4-24-19(27)13-7-5-8-14(11-13)25-21(29)18(12(2)3)26-20(28)17-15(22)9-6-10-16(17)23/h5-12,18H,4H2,1-3H3,(H,24,27)(H,25,29)(H,26,28). The summed E-state index contributed by atoms with van der Waals surface area (Å²) in [5.74, 6) is -4.27. The summed E-state index contributed by atoms with van der Waals surface area (Å²) < 4.78 is 27.7. The second kappa shape index (κ2) is 9.77. The summed E-state index contributed by atoms with van der Waals surface area (Å²) in [5.41, 5.74) is -0.0249. The van der Waals surface area contributed by atoms with Gasteiger partial charge >= 0.3 is 0 Å². The van der Waals surface area contributed by atoms with Crippen molar-refractivity contribution in [3.05, 3.63) is 65.2 Å². The van der Waals surface area contributed by atoms with E-state index in [2.05, 4.69) is 16.0 Å². The minimum atomic E-state index is -1.05. The van der Waals surface area contributed by atoms with E-state index in [1.165, 1.54) is 6.07 Å². The molecule has 0 bridgehead atoms. The third kappa shape index (κ3) is 5.60. The molecule has 154 valence electrons. The molecule has 0 aromatic heterocycles. The van der Waals surface area contributed by atoms with Gasteiger partial charge < -0.3 is 16.0 Å². The van der Waals surface area contributed by atoms with Crippen LogP contribution in [0.2, 0.25) is 0 Å². The molecule has 1 atom stereocenters. The lowest BCUT2D eigenvalue weighted by Gasteiger charge is -2.22. The molecule has 0 saturated heterocycles. The lowest BCUT2D eigenvalue weighted by molar-refractivity contribution is -0.118. The largest absolute Gasteiger partial charge is 0.352 e. The van der Waals surface area contributed by atoms with Crippen molar-refractivity contribution >= 4 is 23.4 Å². The van der Waals surface area contributed by atoms with Gasteiger partial charge in [-0.1, -0.05) is 26.0 Å². The SMILES string of the molecule is CCNC(=O)c1cccc(NC(=O)C(NC(=O)c2c(F)cccc2F)C(C)C)c1. The Kier molecular flexibility index (Phi) is 7.41. The number of halogens is 2. The van der Waals surface area contributed by atoms with Gasteiger partial charge in [-0.05, 0) is 43.2 Å². The van der Waals surface area contributed by atoms with Crippen LogP contribution in [0, 0.1) is 17.6 Å². The number of hydrogen-bond acceptors (Lipinski definition) is 3. The molecule has 0 heterocycles. The van der Waals surface area contributed by atoms with Crippen LogP contribution in [0.3, 0.4) is 0 Å². The average Bonchev–Trinajstić information content (AvgIpc) is 2.66. The highest BCUT2D eigenvalue weighted by atomic mass is 19.1. The van der Waals surface area contributed by atoms with Gasteiger partial charge in [0.2, 0.25) is 5.91 Å². The summed E-state index contributed by atoms with van der Waals surface area (Å²) in [6, 6.07) is 8.34. The van der Waals surface area contributed by atoms with Gasteiger partial charge in [-0.25, -0.2) is 8.78 Å². The zero-order chi connectivity index (χ0) is 21.6. The number of amides is 3. The van der Waals surface area contributed by atoms with Crippen molar-refractivity contribution in [2.75, 3.05) is 11.9 Å². The fourth-order valence-electron chi connectivity index (χ4n) is 2.68. The molecule has 0 spiro atoms. The lowest BCUT2D eigenvalue weighted by atomic mass is 10.0. The van der Waals surface area contributed by atoms with Crippen molar-refractivity contribution in [1.29, 1.82) is 0 Å². The molecule has 2 rings (SSSR count). The van der Waals surface area contributed by atoms with Gasteiger partial charge in [0.1, 0.15) is 23.2 Å². The summed E-state index contributed by atoms with van der Waals surface area (Å²) >= 11 is 0. The average molecular weight is 403 g/mol. The molecular formula is C21H23F2N3O3. The minimum Gasteiger partial charge on any atom is -0.352 e. The van der Waals surface area contributed by atoms with Crippen LogP contribution in [0.25, 0.3) is 0 Å². The molecular weight excluding hydrogens is 380 g/mol. The Bertz CT molecular complexity index is 896. The third-order valence-corrected chi connectivity index (χ3v) is 4.16. The Balaban J connectivity index is 2.17. The molecule has 2 aromatic carbocycles. The van der Waals surface area contributed by atoms with Crippen LogP contribution in [0.5, 0.6) is 0 Å². The summed E-state index contributed by atoms with van der Waals surface area (Å²) in [4.78, 5) is 37.0. The predicted octanol–water partition coefficient (Wildman–Crippen LogP) is 3.11. The van der Waals surface area contributed by atoms with Crippen molar-refractivity contribution in [3.8, 4) is 0 Å². The van der Waals surface area contributed by atoms with Gasteiger partial charge in [0.15, 0.2) is 0 Å². The number of carbonyl (C=O) groups excluding carboxylic acids is 3. The fraction of sp³-hybridized carbons (Fsp3) is 0.286. The monoisotopic (exact) mass is 403 g/mol. The zero-order valence-electron chi connectivity index (χ0n) is 16.4. The number of benzene rings is 2. The Labute approximate surface area is 167 Å². The lowest BCUT2D eigenvalue weighted by Crippen LogP contribution is -2.47. The second-order valence-corrected chi connectivity index (χ2v) is 6.72. The van der Waals surface area contributed by atoms with Gasteiger partial charge in [-0.3, -0.25) is 14.4 Å². The van der Waals surface area contributed by atoms with Crippen LogP contribution < -0.4 is 16.0 Å². The van der Waals surface area contributed by atoms with Gasteiger partial charge in [-0.2, -0.15) is 0 Å². The topological polar surface area (TPSA) is 87.3 Å². The van der Waals surface area contributed by atoms with Crippen LogP contribution in [0.15, 0.2) is 42.5 Å². The van der Waals surface area contributed by atoms with Gasteiger partial charge in [0.05, 0.1) is 0 Å². The first-order chi connectivity index (χ1) is 13.7. The quantitative estimate of drug-likeness (QED) is 0.664. The van der Waals surface area contributed by atoms with Crippen LogP contribution in [-0.2, 0) is 4.79 Å². The molecule has 0 aliphatic heterocycles. The molecule has 0 aliphatic rings. The van der Waals surface area contributed by atoms with Crippen molar-refractivity contribution in [2.24, 2.45) is 5.92 Å². The smallest absolute Gasteiger partial charge is 0.257 e. The maximum Gasteiger partial charge on any atom is 0.257 e. The summed E-state index contributed by atoms with van der Waals surface area (Å²) in [6.45, 7) is 5.63. The summed E-state index contributed by atoms with van der Waals surface area (Å²) in [7, 11) is 0. The first-order valence-electron chi connectivity index (χ1n) is 9.18. The highest BCUT2D eigenvalue weighted by molar-refractivity contribution is 6.02. The van der Waals surface area contributed by atoms with Crippen molar-refractivity contribution in [1.82, 2.24) is 10.6 Å². The Hall–Kier alpha value is -3.29. The van der Waals surface area contributed by atoms with Crippen LogP contribution in [0.1, 0.15) is 41.5 Å². The van der Waals surface area contributed by atoms with E-state index in [-0.39, 0.29) is 11.8 Å². The number of rotatable bonds is 7. The summed E-state index contributed by atoms with van der Waals surface area (Å²) in [6.07, 6.45) is 0. The zero-order valence-corrected chi connectivity index (χ0v) is 16.4. The first kappa shape index (κ1) is 22.0. The van der Waals surface area contributed by atoms with Gasteiger partial charge in [-0.15, -0.1) is 0 Å². The van der Waals surface area contributed by atoms with E-state index in [1.54, 1.807) is 39.0 Å². The molecule has 0 fully saturated rings. The normalized spacial score (nSPS) is 11.7. The number of anilines is 1. The van der Waals surface area contributed by atoms with Crippen LogP contribution in [0.4, 0.5) is 14.5 Å². The number of hydrogen-bond donors (Lipinski definition) is 3. The van der Waals surface area contributed by atoms with E-state index >= 15 is 0 Å². The molecule has 1 unspecified atom stereocenters. The third-order valence-electron chi connectivity index (χ3n) is 4.16. The molecule has 6 nitrogen and oxygen atoms in total. The van der Waals surface area contributed by atoms with Crippen molar-refractivity contribution in [3.63, 3.8) is 0 Å². The highest BCUT2D eigenvalue weighted by Crippen LogP contribution is 2.15. The van der Waals surface area contributed by atoms with Gasteiger partial charge in [0.25, 0.3) is 11.8 Å². The Morgan fingerprint density at radius 2 is 1.59 bits per heavy atom. The molecule has 29 heavy (non-hydrogen) atoms. The maximum absolute atomic E-state index is 13.8. The predicted molar refractivity (Wildman–Crippen MR) is 106 cm³/mol. The van der Waals surface area contributed by atoms with Crippen molar-refractivity contribution < 1.29 is 23.2 Å². The van der Waals surface area contributed by atoms with Gasteiger partial charge in [0, 0.05) is 17.8 Å². The molecule has 3 amide bonds. The molecule has 3 N–H and O–H groups in total. The molecule has 0 aliphatic carbocycles. The minimum absolute atomic E-state index is 0.285. The molecule has 2 aromatic rings. The van der Waals surface area contributed by atoms with E-state index in [1.807, 2.05) is 0 Å². The number of carbonyl (C=O) groups is 3. The van der Waals surface area contributed by atoms with E-state index in [9.17, 15) is 23.2 Å². The Morgan fingerprint density at radius 1 is 0.966 bits per heavy atom. The molecule has 0 radical (unpaired) electrons. The van der Waals surface area contributed by atoms with E-state index in [0.717, 1.165) is 18.2 Å². The van der Waals surface area contributed by atoms with Crippen LogP contribution in [-0.4, -0.2) is 30.3 Å². The maximum atomic E-state index is 13.8. The second-order valence-electron chi connectivity index (χ2n) is 6.72.